The second-order valence-electron chi connectivity index (χ2n) is 5.83. The average molecular weight is 391 g/mol. The number of benzene rings is 2. The van der Waals surface area contributed by atoms with E-state index >= 15 is 0 Å². The van der Waals surface area contributed by atoms with Crippen LogP contribution in [0, 0.1) is 0 Å². The van der Waals surface area contributed by atoms with E-state index in [2.05, 4.69) is 0 Å². The van der Waals surface area contributed by atoms with Gasteiger partial charge in [-0.2, -0.15) is 0 Å². The third kappa shape index (κ3) is 2.55. The number of methoxy groups -OCH3 is 1. The first-order chi connectivity index (χ1) is 12.5. The largest absolute Gasteiger partial charge is 0.476 e. The predicted molar refractivity (Wildman–Crippen MR) is 97.2 cm³/mol. The smallest absolute Gasteiger partial charge is 0.348 e. The summed E-state index contributed by atoms with van der Waals surface area (Å²) in [5, 5.41) is 1.36. The van der Waals surface area contributed by atoms with Crippen LogP contribution in [0.2, 0.25) is 10.0 Å². The van der Waals surface area contributed by atoms with Crippen LogP contribution in [-0.4, -0.2) is 19.2 Å². The van der Waals surface area contributed by atoms with Crippen LogP contribution in [0.3, 0.4) is 0 Å². The Morgan fingerprint density at radius 2 is 1.92 bits per heavy atom. The van der Waals surface area contributed by atoms with Crippen LogP contribution in [0.25, 0.3) is 11.0 Å². The Hall–Kier alpha value is -2.50. The quantitative estimate of drug-likeness (QED) is 0.485. The van der Waals surface area contributed by atoms with Crippen molar-refractivity contribution in [2.75, 3.05) is 7.11 Å². The zero-order valence-corrected chi connectivity index (χ0v) is 15.0. The predicted octanol–water partition coefficient (Wildman–Crippen LogP) is 4.17. The highest BCUT2D eigenvalue weighted by Crippen LogP contribution is 2.46. The summed E-state index contributed by atoms with van der Waals surface area (Å²) in [5.74, 6) is -1.06. The molecule has 132 valence electrons. The molecule has 2 aromatic carbocycles. The van der Waals surface area contributed by atoms with Crippen molar-refractivity contribution in [1.82, 2.24) is 0 Å². The van der Waals surface area contributed by atoms with Gasteiger partial charge in [-0.1, -0.05) is 41.4 Å². The summed E-state index contributed by atoms with van der Waals surface area (Å²) in [6.07, 6.45) is -1.05. The Balaban J connectivity index is 2.01. The second kappa shape index (κ2) is 6.34. The first kappa shape index (κ1) is 16.9. The van der Waals surface area contributed by atoms with Crippen LogP contribution in [0.4, 0.5) is 0 Å². The molecular formula is C19H12Cl2O5. The van der Waals surface area contributed by atoms with Gasteiger partial charge in [-0.25, -0.2) is 9.59 Å². The minimum absolute atomic E-state index is 0.239. The van der Waals surface area contributed by atoms with Crippen LogP contribution in [0.5, 0.6) is 5.75 Å². The molecule has 2 heterocycles. The van der Waals surface area contributed by atoms with Crippen molar-refractivity contribution in [2.24, 2.45) is 0 Å². The summed E-state index contributed by atoms with van der Waals surface area (Å²) in [6.45, 7) is 0. The van der Waals surface area contributed by atoms with E-state index in [-0.39, 0.29) is 5.56 Å². The summed E-state index contributed by atoms with van der Waals surface area (Å²) in [7, 11) is 1.26. The molecule has 0 amide bonds. The van der Waals surface area contributed by atoms with E-state index in [1.807, 2.05) is 0 Å². The minimum atomic E-state index is -1.05. The second-order valence-corrected chi connectivity index (χ2v) is 6.68. The SMILES string of the molecule is COC(=O)[C@H]1Oc2c(c(=O)oc3ccccc23)[C@H]1c1ccc(Cl)cc1Cl. The number of esters is 1. The number of halogens is 2. The van der Waals surface area contributed by atoms with Crippen molar-refractivity contribution < 1.29 is 18.7 Å². The van der Waals surface area contributed by atoms with Gasteiger partial charge < -0.3 is 13.9 Å². The molecule has 2 atom stereocenters. The van der Waals surface area contributed by atoms with E-state index in [0.717, 1.165) is 0 Å². The van der Waals surface area contributed by atoms with Gasteiger partial charge in [-0.05, 0) is 29.8 Å². The number of ether oxygens (including phenoxy) is 2. The Labute approximate surface area is 158 Å². The molecule has 0 saturated heterocycles. The maximum Gasteiger partial charge on any atom is 0.348 e. The lowest BCUT2D eigenvalue weighted by atomic mass is 9.88. The lowest BCUT2D eigenvalue weighted by Gasteiger charge is -2.18. The van der Waals surface area contributed by atoms with Crippen LogP contribution >= 0.6 is 23.2 Å². The molecular weight excluding hydrogens is 379 g/mol. The minimum Gasteiger partial charge on any atom is -0.476 e. The van der Waals surface area contributed by atoms with E-state index in [4.69, 9.17) is 37.1 Å². The highest BCUT2D eigenvalue weighted by atomic mass is 35.5. The number of carbonyl (C=O) groups excluding carboxylic acids is 1. The van der Waals surface area contributed by atoms with Gasteiger partial charge in [-0.15, -0.1) is 0 Å². The van der Waals surface area contributed by atoms with Gasteiger partial charge in [0.1, 0.15) is 11.3 Å². The van der Waals surface area contributed by atoms with Crippen LogP contribution in [0.1, 0.15) is 17.0 Å². The fourth-order valence-electron chi connectivity index (χ4n) is 3.25. The van der Waals surface area contributed by atoms with E-state index in [1.54, 1.807) is 42.5 Å². The Morgan fingerprint density at radius 1 is 1.15 bits per heavy atom. The van der Waals surface area contributed by atoms with E-state index in [0.29, 0.717) is 32.3 Å². The van der Waals surface area contributed by atoms with Crippen molar-refractivity contribution in [3.05, 3.63) is 74.1 Å². The van der Waals surface area contributed by atoms with E-state index < -0.39 is 23.6 Å². The third-order valence-electron chi connectivity index (χ3n) is 4.39. The van der Waals surface area contributed by atoms with Crippen LogP contribution in [-0.2, 0) is 9.53 Å². The van der Waals surface area contributed by atoms with Crippen LogP contribution in [0.15, 0.2) is 51.7 Å². The summed E-state index contributed by atoms with van der Waals surface area (Å²) in [6, 6.07) is 11.8. The number of rotatable bonds is 2. The maximum atomic E-state index is 12.7. The molecule has 0 aliphatic carbocycles. The Morgan fingerprint density at radius 3 is 2.65 bits per heavy atom. The summed E-state index contributed by atoms with van der Waals surface area (Å²) >= 11 is 12.3. The number of fused-ring (bicyclic) bond motifs is 3. The van der Waals surface area contributed by atoms with Crippen molar-refractivity contribution >= 4 is 40.1 Å². The molecule has 1 aliphatic heterocycles. The molecule has 3 aromatic rings. The molecule has 4 rings (SSSR count). The molecule has 0 spiro atoms. The molecule has 0 fully saturated rings. The normalized spacial score (nSPS) is 18.4. The summed E-state index contributed by atoms with van der Waals surface area (Å²) < 4.78 is 16.2. The van der Waals surface area contributed by atoms with Gasteiger partial charge in [0.05, 0.1) is 24.0 Å². The fraction of sp³-hybridized carbons (Fsp3) is 0.158. The molecule has 0 radical (unpaired) electrons. The molecule has 0 unspecified atom stereocenters. The molecule has 1 aliphatic rings. The van der Waals surface area contributed by atoms with Crippen molar-refractivity contribution in [3.63, 3.8) is 0 Å². The monoisotopic (exact) mass is 390 g/mol. The fourth-order valence-corrected chi connectivity index (χ4v) is 3.78. The standard InChI is InChI=1S/C19H12Cl2O5/c1-24-19(23)17-14(10-7-6-9(20)8-12(10)21)15-16(26-17)11-4-2-3-5-13(11)25-18(15)22/h2-8,14,17H,1H3/t14-,17+/m1/s1. The molecule has 0 N–H and O–H groups in total. The summed E-state index contributed by atoms with van der Waals surface area (Å²) in [4.78, 5) is 25.0. The van der Waals surface area contributed by atoms with Gasteiger partial charge in [-0.3, -0.25) is 0 Å². The zero-order chi connectivity index (χ0) is 18.4. The van der Waals surface area contributed by atoms with Gasteiger partial charge in [0.15, 0.2) is 0 Å². The average Bonchev–Trinajstić information content (AvgIpc) is 3.02. The van der Waals surface area contributed by atoms with Gasteiger partial charge >= 0.3 is 11.6 Å². The molecule has 0 bridgehead atoms. The van der Waals surface area contributed by atoms with Crippen molar-refractivity contribution in [2.45, 2.75) is 12.0 Å². The molecule has 5 nitrogen and oxygen atoms in total. The number of hydrogen-bond donors (Lipinski definition) is 0. The molecule has 26 heavy (non-hydrogen) atoms. The number of hydrogen-bond acceptors (Lipinski definition) is 5. The zero-order valence-electron chi connectivity index (χ0n) is 13.5. The van der Waals surface area contributed by atoms with Gasteiger partial charge in [0.2, 0.25) is 6.10 Å². The van der Waals surface area contributed by atoms with Gasteiger partial charge in [0, 0.05) is 10.0 Å². The molecule has 0 saturated carbocycles. The highest BCUT2D eigenvalue weighted by molar-refractivity contribution is 6.35. The number of carbonyl (C=O) groups is 1. The van der Waals surface area contributed by atoms with E-state index in [1.165, 1.54) is 7.11 Å². The molecule has 7 heteroatoms. The van der Waals surface area contributed by atoms with Crippen molar-refractivity contribution in [3.8, 4) is 5.75 Å². The van der Waals surface area contributed by atoms with Crippen LogP contribution < -0.4 is 10.4 Å². The maximum absolute atomic E-state index is 12.7. The first-order valence-corrected chi connectivity index (χ1v) is 8.52. The van der Waals surface area contributed by atoms with Crippen molar-refractivity contribution in [1.29, 1.82) is 0 Å². The first-order valence-electron chi connectivity index (χ1n) is 7.76. The Bertz CT molecular complexity index is 1090. The number of para-hydroxylation sites is 1. The highest BCUT2D eigenvalue weighted by Gasteiger charge is 2.45. The Kier molecular flexibility index (Phi) is 4.13. The summed E-state index contributed by atoms with van der Waals surface area (Å²) in [5.41, 5.74) is 0.569. The third-order valence-corrected chi connectivity index (χ3v) is 4.95. The molecule has 1 aromatic heterocycles. The van der Waals surface area contributed by atoms with Gasteiger partial charge in [0.25, 0.3) is 0 Å². The lowest BCUT2D eigenvalue weighted by Crippen LogP contribution is -2.32. The lowest BCUT2D eigenvalue weighted by molar-refractivity contribution is -0.148. The topological polar surface area (TPSA) is 65.7 Å². The van der Waals surface area contributed by atoms with E-state index in [9.17, 15) is 9.59 Å².